The number of aliphatic hydroxyl groups excluding tert-OH is 2. The van der Waals surface area contributed by atoms with Crippen LogP contribution in [0.2, 0.25) is 0 Å². The number of cyclic esters (lactones) is 1. The van der Waals surface area contributed by atoms with Gasteiger partial charge in [0.1, 0.15) is 11.6 Å². The normalized spacial score (nSPS) is 33.3. The van der Waals surface area contributed by atoms with E-state index in [0.717, 1.165) is 31.5 Å². The molecule has 4 aliphatic rings. The molecule has 246 valence electrons. The van der Waals surface area contributed by atoms with E-state index in [9.17, 15) is 19.8 Å². The fourth-order valence-electron chi connectivity index (χ4n) is 8.35. The summed E-state index contributed by atoms with van der Waals surface area (Å²) < 4.78 is 11.3. The maximum absolute atomic E-state index is 13.5. The van der Waals surface area contributed by atoms with Crippen LogP contribution in [0.3, 0.4) is 0 Å². The number of aromatic amines is 1. The number of anilines is 2. The van der Waals surface area contributed by atoms with Gasteiger partial charge in [0.05, 0.1) is 43.1 Å². The van der Waals surface area contributed by atoms with Crippen LogP contribution in [0.1, 0.15) is 45.1 Å². The minimum absolute atomic E-state index is 0.00250. The number of fused-ring (bicyclic) bond motifs is 1. The van der Waals surface area contributed by atoms with Crippen molar-refractivity contribution in [3.05, 3.63) is 76.1 Å². The summed E-state index contributed by atoms with van der Waals surface area (Å²) in [5.41, 5.74) is 5.84. The molecule has 0 spiro atoms. The minimum Gasteiger partial charge on any atom is -0.423 e. The summed E-state index contributed by atoms with van der Waals surface area (Å²) in [5.74, 6) is 0.212. The highest BCUT2D eigenvalue weighted by Gasteiger charge is 2.60. The summed E-state index contributed by atoms with van der Waals surface area (Å²) >= 11 is 0. The first-order valence-electron chi connectivity index (χ1n) is 16.0. The molecule has 0 amide bonds. The Balaban J connectivity index is 1.40. The number of H-pyrrole nitrogens is 1. The van der Waals surface area contributed by atoms with E-state index in [0.29, 0.717) is 37.4 Å². The number of aromatic nitrogens is 3. The number of nitrogens with one attached hydrogen (secondary N) is 2. The zero-order valence-corrected chi connectivity index (χ0v) is 26.4. The van der Waals surface area contributed by atoms with Gasteiger partial charge in [-0.25, -0.2) is 14.8 Å². The molecule has 2 saturated carbocycles. The van der Waals surface area contributed by atoms with E-state index in [1.807, 2.05) is 25.1 Å². The van der Waals surface area contributed by atoms with Crippen molar-refractivity contribution in [1.29, 1.82) is 0 Å². The number of carbonyl (C=O) groups excluding carboxylic acids is 1. The summed E-state index contributed by atoms with van der Waals surface area (Å²) in [6, 6.07) is 5.06. The van der Waals surface area contributed by atoms with Crippen molar-refractivity contribution in [2.24, 2.45) is 22.7 Å². The van der Waals surface area contributed by atoms with Crippen LogP contribution in [0, 0.1) is 22.7 Å². The van der Waals surface area contributed by atoms with Crippen LogP contribution in [0.5, 0.6) is 0 Å². The molecular weight excluding hydrogens is 588 g/mol. The molecule has 0 bridgehead atoms. The Morgan fingerprint density at radius 2 is 2.04 bits per heavy atom. The van der Waals surface area contributed by atoms with Gasteiger partial charge in [-0.2, -0.15) is 0 Å². The van der Waals surface area contributed by atoms with E-state index in [1.165, 1.54) is 12.3 Å². The molecule has 6 N–H and O–H groups in total. The Labute approximate surface area is 268 Å². The number of esters is 1. The second-order valence-electron chi connectivity index (χ2n) is 13.5. The van der Waals surface area contributed by atoms with E-state index < -0.39 is 29.1 Å². The van der Waals surface area contributed by atoms with Gasteiger partial charge in [0, 0.05) is 36.9 Å². The molecule has 2 aliphatic carbocycles. The van der Waals surface area contributed by atoms with Gasteiger partial charge in [-0.1, -0.05) is 32.1 Å². The lowest BCUT2D eigenvalue weighted by Crippen LogP contribution is -2.62. The highest BCUT2D eigenvalue weighted by atomic mass is 16.5. The van der Waals surface area contributed by atoms with E-state index in [2.05, 4.69) is 32.1 Å². The number of pyridine rings is 1. The summed E-state index contributed by atoms with van der Waals surface area (Å²) in [7, 11) is 0. The van der Waals surface area contributed by atoms with Crippen molar-refractivity contribution in [3.63, 3.8) is 0 Å². The number of hydrogen-bond acceptors (Lipinski definition) is 11. The lowest BCUT2D eigenvalue weighted by molar-refractivity contribution is -0.163. The number of rotatable bonds is 8. The highest BCUT2D eigenvalue weighted by molar-refractivity contribution is 5.95. The number of morpholine rings is 1. The van der Waals surface area contributed by atoms with E-state index in [1.54, 1.807) is 12.3 Å². The predicted molar refractivity (Wildman–Crippen MR) is 173 cm³/mol. The number of allylic oxidation sites excluding steroid dienone is 1. The minimum atomic E-state index is -0.692. The first kappa shape index (κ1) is 32.1. The third-order valence-electron chi connectivity index (χ3n) is 11.0. The number of carbonyl (C=O) groups is 1. The number of nitrogens with zero attached hydrogens (tertiary/aromatic N) is 3. The molecule has 6 rings (SSSR count). The molecule has 0 radical (unpaired) electrons. The van der Waals surface area contributed by atoms with Gasteiger partial charge in [-0.3, -0.25) is 14.7 Å². The lowest BCUT2D eigenvalue weighted by Gasteiger charge is -2.62. The zero-order chi connectivity index (χ0) is 32.6. The Bertz CT molecular complexity index is 1590. The van der Waals surface area contributed by atoms with Crippen LogP contribution < -0.4 is 16.6 Å². The molecule has 4 unspecified atom stereocenters. The van der Waals surface area contributed by atoms with Crippen LogP contribution in [-0.2, 0) is 14.3 Å². The Morgan fingerprint density at radius 3 is 2.74 bits per heavy atom. The quantitative estimate of drug-likeness (QED) is 0.214. The monoisotopic (exact) mass is 632 g/mol. The first-order chi connectivity index (χ1) is 22.0. The zero-order valence-electron chi connectivity index (χ0n) is 26.4. The molecule has 12 nitrogen and oxygen atoms in total. The van der Waals surface area contributed by atoms with Gasteiger partial charge in [0.25, 0.3) is 5.56 Å². The lowest BCUT2D eigenvalue weighted by atomic mass is 9.45. The average molecular weight is 633 g/mol. The second-order valence-corrected chi connectivity index (χ2v) is 13.5. The van der Waals surface area contributed by atoms with Crippen molar-refractivity contribution < 1.29 is 24.5 Å². The van der Waals surface area contributed by atoms with Crippen molar-refractivity contribution in [3.8, 4) is 0 Å². The van der Waals surface area contributed by atoms with Crippen LogP contribution in [0.4, 0.5) is 11.8 Å². The summed E-state index contributed by atoms with van der Waals surface area (Å²) in [6.45, 7) is 11.7. The average Bonchev–Trinajstić information content (AvgIpc) is 3.42. The molecular formula is C34H44N6O6. The van der Waals surface area contributed by atoms with Crippen LogP contribution in [-0.4, -0.2) is 87.1 Å². The Morgan fingerprint density at radius 1 is 1.26 bits per heavy atom. The molecule has 7 atom stereocenters. The third kappa shape index (κ3) is 5.90. The molecule has 4 heterocycles. The largest absolute Gasteiger partial charge is 0.423 e. The van der Waals surface area contributed by atoms with Gasteiger partial charge in [-0.05, 0) is 67.2 Å². The molecule has 2 aromatic rings. The number of nitrogens with two attached hydrogens (primary N) is 1. The number of hydrogen-bond donors (Lipinski definition) is 5. The van der Waals surface area contributed by atoms with Gasteiger partial charge in [0.15, 0.2) is 5.95 Å². The van der Waals surface area contributed by atoms with Crippen molar-refractivity contribution in [2.45, 2.75) is 57.7 Å². The first-order valence-corrected chi connectivity index (χ1v) is 16.0. The Kier molecular flexibility index (Phi) is 8.90. The van der Waals surface area contributed by atoms with E-state index in [4.69, 9.17) is 21.8 Å². The number of nitrogen functional groups attached to an aromatic ring is 1. The van der Waals surface area contributed by atoms with Gasteiger partial charge >= 0.3 is 5.97 Å². The maximum atomic E-state index is 13.5. The van der Waals surface area contributed by atoms with Gasteiger partial charge < -0.3 is 30.7 Å². The van der Waals surface area contributed by atoms with Crippen LogP contribution >= 0.6 is 0 Å². The van der Waals surface area contributed by atoms with Crippen molar-refractivity contribution >= 4 is 23.8 Å². The smallest absolute Gasteiger partial charge is 0.341 e. The van der Waals surface area contributed by atoms with Crippen molar-refractivity contribution in [1.82, 2.24) is 19.9 Å². The number of aliphatic hydroxyl groups is 2. The Hall–Kier alpha value is -3.84. The molecule has 46 heavy (non-hydrogen) atoms. The maximum Gasteiger partial charge on any atom is 0.341 e. The topological polar surface area (TPSA) is 176 Å². The second kappa shape index (κ2) is 12.7. The summed E-state index contributed by atoms with van der Waals surface area (Å²) in [4.78, 5) is 39.3. The van der Waals surface area contributed by atoms with E-state index in [-0.39, 0.29) is 47.2 Å². The fourth-order valence-corrected chi connectivity index (χ4v) is 8.35. The summed E-state index contributed by atoms with van der Waals surface area (Å²) in [6.07, 6.45) is 8.12. The van der Waals surface area contributed by atoms with Crippen molar-refractivity contribution in [2.75, 3.05) is 44.0 Å². The highest BCUT2D eigenvalue weighted by Crippen LogP contribution is 2.62. The van der Waals surface area contributed by atoms with Gasteiger partial charge in [0.2, 0.25) is 0 Å². The molecule has 2 aliphatic heterocycles. The SMILES string of the molecule is C=C1C(N2CCOCC2)CC2[C@](C)(CC[C@@H](O)[C@@]2(C)CO)C1CC(Nc1ccccn1)C1=C/C(=C\c2cnc(N)[nH]c2=O)OC1=O. The number of ether oxygens (including phenoxy) is 2. The molecule has 12 heteroatoms. The molecule has 1 saturated heterocycles. The van der Waals surface area contributed by atoms with Gasteiger partial charge in [-0.15, -0.1) is 0 Å². The van der Waals surface area contributed by atoms with Crippen LogP contribution in [0.15, 0.2) is 64.9 Å². The fraction of sp³-hybridized carbons (Fsp3) is 0.529. The predicted octanol–water partition coefficient (Wildman–Crippen LogP) is 2.49. The summed E-state index contributed by atoms with van der Waals surface area (Å²) in [5, 5.41) is 25.5. The third-order valence-corrected chi connectivity index (χ3v) is 11.0. The molecule has 0 aromatic carbocycles. The molecule has 2 aromatic heterocycles. The van der Waals surface area contributed by atoms with E-state index >= 15 is 0 Å². The standard InChI is InChI=1S/C34H44N6O6/c1-20-24(33(2)8-7-28(42)34(3,19-41)27(33)17-26(20)40-10-12-45-13-11-40)16-25(38-29-6-4-5-9-36-29)23-15-22(46-31(23)44)14-21-18-37-32(35)39-30(21)43/h4-6,9,14-15,18,24-28,41-42H,1,7-8,10-13,16-17,19H2,2-3H3,(H,36,38)(H3,35,37,39,43)/b22-14+/t24?,25?,26?,27?,28-,33-,34+/m1/s1. The van der Waals surface area contributed by atoms with Crippen LogP contribution in [0.25, 0.3) is 6.08 Å². The molecule has 3 fully saturated rings.